The van der Waals surface area contributed by atoms with Gasteiger partial charge < -0.3 is 24.3 Å². The third-order valence-corrected chi connectivity index (χ3v) is 5.66. The largest absolute Gasteiger partial charge is 0.493 e. The molecule has 2 heterocycles. The second-order valence-electron chi connectivity index (χ2n) is 6.75. The summed E-state index contributed by atoms with van der Waals surface area (Å²) >= 11 is 3.49. The number of halogens is 1. The number of benzene rings is 2. The van der Waals surface area contributed by atoms with E-state index in [1.165, 1.54) is 0 Å². The van der Waals surface area contributed by atoms with Gasteiger partial charge in [0, 0.05) is 29.5 Å². The van der Waals surface area contributed by atoms with Gasteiger partial charge in [0.25, 0.3) is 0 Å². The second kappa shape index (κ2) is 8.21. The van der Waals surface area contributed by atoms with Gasteiger partial charge in [-0.1, -0.05) is 34.1 Å². The van der Waals surface area contributed by atoms with E-state index in [1.54, 1.807) is 26.4 Å². The predicted octanol–water partition coefficient (Wildman–Crippen LogP) is 4.90. The Kier molecular flexibility index (Phi) is 5.49. The Labute approximate surface area is 178 Å². The number of carbonyl (C=O) groups is 1. The van der Waals surface area contributed by atoms with Gasteiger partial charge >= 0.3 is 6.03 Å². The summed E-state index contributed by atoms with van der Waals surface area (Å²) in [5, 5.41) is 3.00. The van der Waals surface area contributed by atoms with Gasteiger partial charge in [-0.15, -0.1) is 0 Å². The Balaban J connectivity index is 1.68. The average Bonchev–Trinajstić information content (AvgIpc) is 3.22. The zero-order valence-electron chi connectivity index (χ0n) is 16.3. The van der Waals surface area contributed by atoms with Gasteiger partial charge in [0.15, 0.2) is 11.5 Å². The van der Waals surface area contributed by atoms with Crippen molar-refractivity contribution in [1.29, 1.82) is 0 Å². The van der Waals surface area contributed by atoms with Crippen LogP contribution in [0.4, 0.5) is 10.5 Å². The molecule has 0 spiro atoms. The fourth-order valence-corrected chi connectivity index (χ4v) is 4.03. The Hall–Kier alpha value is -2.93. The van der Waals surface area contributed by atoms with Crippen LogP contribution in [0.2, 0.25) is 0 Å². The minimum Gasteiger partial charge on any atom is -0.493 e. The summed E-state index contributed by atoms with van der Waals surface area (Å²) < 4.78 is 14.0. The van der Waals surface area contributed by atoms with Crippen molar-refractivity contribution < 1.29 is 14.3 Å². The molecule has 0 unspecified atom stereocenters. The first-order valence-electron chi connectivity index (χ1n) is 9.31. The number of urea groups is 1. The summed E-state index contributed by atoms with van der Waals surface area (Å²) in [5.41, 5.74) is 2.72. The summed E-state index contributed by atoms with van der Waals surface area (Å²) in [5.74, 6) is 1.08. The summed E-state index contributed by atoms with van der Waals surface area (Å²) in [6.45, 7) is 1.35. The van der Waals surface area contributed by atoms with Gasteiger partial charge in [-0.25, -0.2) is 4.79 Å². The van der Waals surface area contributed by atoms with E-state index in [1.807, 2.05) is 41.3 Å². The first-order chi connectivity index (χ1) is 14.1. The molecule has 0 bridgehead atoms. The first kappa shape index (κ1) is 19.4. The van der Waals surface area contributed by atoms with Gasteiger partial charge in [0.1, 0.15) is 0 Å². The molecule has 7 heteroatoms. The Bertz CT molecular complexity index is 1020. The van der Waals surface area contributed by atoms with Crippen LogP contribution in [-0.4, -0.2) is 36.3 Å². The number of nitrogens with one attached hydrogen (secondary N) is 1. The molecule has 4 rings (SSSR count). The van der Waals surface area contributed by atoms with Crippen LogP contribution in [-0.2, 0) is 6.54 Å². The minimum atomic E-state index is -0.183. The normalized spacial score (nSPS) is 15.6. The van der Waals surface area contributed by atoms with E-state index in [4.69, 9.17) is 9.47 Å². The maximum absolute atomic E-state index is 13.3. The number of ether oxygens (including phenoxy) is 2. The lowest BCUT2D eigenvalue weighted by molar-refractivity contribution is 0.181. The fraction of sp³-hybridized carbons (Fsp3) is 0.227. The van der Waals surface area contributed by atoms with E-state index >= 15 is 0 Å². The third kappa shape index (κ3) is 3.70. The molecule has 0 radical (unpaired) electrons. The number of fused-ring (bicyclic) bond motifs is 1. The number of aromatic nitrogens is 1. The van der Waals surface area contributed by atoms with Gasteiger partial charge in [-0.05, 0) is 42.0 Å². The molecular formula is C22H22BrN3O3. The fourth-order valence-electron chi connectivity index (χ4n) is 3.77. The van der Waals surface area contributed by atoms with Gasteiger partial charge in [-0.3, -0.25) is 0 Å². The number of amides is 2. The molecule has 1 aliphatic heterocycles. The summed E-state index contributed by atoms with van der Waals surface area (Å²) in [6, 6.07) is 17.2. The Morgan fingerprint density at radius 3 is 2.55 bits per heavy atom. The molecule has 0 saturated heterocycles. The lowest BCUT2D eigenvalue weighted by atomic mass is 10.0. The molecule has 2 amide bonds. The SMILES string of the molecule is COc1cccc(NC(=O)N2CCn3cccc3[C@H]2c2ccc(Br)cc2)c1OC. The highest BCUT2D eigenvalue weighted by atomic mass is 79.9. The highest BCUT2D eigenvalue weighted by molar-refractivity contribution is 9.10. The Morgan fingerprint density at radius 2 is 1.83 bits per heavy atom. The van der Waals surface area contributed by atoms with Crippen LogP contribution in [0, 0.1) is 0 Å². The van der Waals surface area contributed by atoms with Crippen molar-refractivity contribution in [1.82, 2.24) is 9.47 Å². The molecule has 0 fully saturated rings. The average molecular weight is 456 g/mol. The summed E-state index contributed by atoms with van der Waals surface area (Å²) in [7, 11) is 3.14. The lowest BCUT2D eigenvalue weighted by Gasteiger charge is -2.37. The number of hydrogen-bond donors (Lipinski definition) is 1. The molecule has 6 nitrogen and oxygen atoms in total. The van der Waals surface area contributed by atoms with Gasteiger partial charge in [0.05, 0.1) is 25.9 Å². The van der Waals surface area contributed by atoms with Crippen LogP contribution in [0.15, 0.2) is 65.3 Å². The number of hydrogen-bond acceptors (Lipinski definition) is 3. The van der Waals surface area contributed by atoms with Crippen molar-refractivity contribution in [3.8, 4) is 11.5 Å². The van der Waals surface area contributed by atoms with Gasteiger partial charge in [-0.2, -0.15) is 0 Å². The molecular weight excluding hydrogens is 434 g/mol. The molecule has 0 saturated carbocycles. The lowest BCUT2D eigenvalue weighted by Crippen LogP contribution is -2.44. The van der Waals surface area contributed by atoms with E-state index < -0.39 is 0 Å². The smallest absolute Gasteiger partial charge is 0.322 e. The standard InChI is InChI=1S/C22H22BrN3O3/c1-28-19-7-3-5-17(21(19)29-2)24-22(27)26-14-13-25-12-4-6-18(25)20(26)15-8-10-16(23)11-9-15/h3-12,20H,13-14H2,1-2H3,(H,24,27)/t20-/m1/s1. The zero-order chi connectivity index (χ0) is 20.4. The number of carbonyl (C=O) groups excluding carboxylic acids is 1. The van der Waals surface area contributed by atoms with Crippen molar-refractivity contribution >= 4 is 27.6 Å². The monoisotopic (exact) mass is 455 g/mol. The molecule has 2 aromatic carbocycles. The van der Waals surface area contributed by atoms with E-state index in [0.717, 1.165) is 22.3 Å². The number of rotatable bonds is 4. The van der Waals surface area contributed by atoms with Crippen LogP contribution in [0.1, 0.15) is 17.3 Å². The number of para-hydroxylation sites is 1. The van der Waals surface area contributed by atoms with Crippen molar-refractivity contribution in [3.63, 3.8) is 0 Å². The maximum atomic E-state index is 13.3. The molecule has 1 aliphatic rings. The molecule has 1 atom stereocenters. The highest BCUT2D eigenvalue weighted by Crippen LogP contribution is 2.37. The van der Waals surface area contributed by atoms with Gasteiger partial charge in [0.2, 0.25) is 0 Å². The Morgan fingerprint density at radius 1 is 1.03 bits per heavy atom. The van der Waals surface area contributed by atoms with Crippen molar-refractivity contribution in [2.45, 2.75) is 12.6 Å². The zero-order valence-corrected chi connectivity index (χ0v) is 17.8. The van der Waals surface area contributed by atoms with Crippen molar-refractivity contribution in [3.05, 3.63) is 76.5 Å². The van der Waals surface area contributed by atoms with Crippen LogP contribution < -0.4 is 14.8 Å². The third-order valence-electron chi connectivity index (χ3n) is 5.13. The van der Waals surface area contributed by atoms with Crippen LogP contribution in [0.3, 0.4) is 0 Å². The molecule has 29 heavy (non-hydrogen) atoms. The minimum absolute atomic E-state index is 0.177. The molecule has 1 N–H and O–H groups in total. The summed E-state index contributed by atoms with van der Waals surface area (Å²) in [4.78, 5) is 15.2. The number of methoxy groups -OCH3 is 2. The number of nitrogens with zero attached hydrogens (tertiary/aromatic N) is 2. The van der Waals surface area contributed by atoms with Crippen LogP contribution in [0.5, 0.6) is 11.5 Å². The predicted molar refractivity (Wildman–Crippen MR) is 116 cm³/mol. The quantitative estimate of drug-likeness (QED) is 0.608. The first-order valence-corrected chi connectivity index (χ1v) is 10.1. The molecule has 0 aliphatic carbocycles. The van der Waals surface area contributed by atoms with Crippen LogP contribution >= 0.6 is 15.9 Å². The highest BCUT2D eigenvalue weighted by Gasteiger charge is 2.32. The second-order valence-corrected chi connectivity index (χ2v) is 7.66. The van der Waals surface area contributed by atoms with E-state index in [9.17, 15) is 4.79 Å². The summed E-state index contributed by atoms with van der Waals surface area (Å²) in [6.07, 6.45) is 2.06. The molecule has 3 aromatic rings. The topological polar surface area (TPSA) is 55.7 Å². The maximum Gasteiger partial charge on any atom is 0.322 e. The van der Waals surface area contributed by atoms with Crippen molar-refractivity contribution in [2.24, 2.45) is 0 Å². The van der Waals surface area contributed by atoms with Crippen LogP contribution in [0.25, 0.3) is 0 Å². The molecule has 1 aromatic heterocycles. The molecule has 150 valence electrons. The van der Waals surface area contributed by atoms with E-state index in [2.05, 4.69) is 38.1 Å². The van der Waals surface area contributed by atoms with E-state index in [0.29, 0.717) is 23.7 Å². The van der Waals surface area contributed by atoms with Crippen molar-refractivity contribution in [2.75, 3.05) is 26.1 Å². The van der Waals surface area contributed by atoms with E-state index in [-0.39, 0.29) is 12.1 Å². The number of anilines is 1.